The zero-order valence-corrected chi connectivity index (χ0v) is 11.2. The van der Waals surface area contributed by atoms with Crippen molar-refractivity contribution in [2.24, 2.45) is 0 Å². The molecule has 1 aromatic heterocycles. The van der Waals surface area contributed by atoms with Crippen LogP contribution < -0.4 is 0 Å². The van der Waals surface area contributed by atoms with Gasteiger partial charge in [0.25, 0.3) is 0 Å². The quantitative estimate of drug-likeness (QED) is 0.899. The number of alkyl halides is 3. The molecule has 108 valence electrons. The van der Waals surface area contributed by atoms with Crippen LogP contribution in [-0.2, 0) is 15.4 Å². The molecule has 1 rings (SSSR count). The van der Waals surface area contributed by atoms with Gasteiger partial charge in [-0.05, 0) is 19.4 Å². The smallest absolute Gasteiger partial charge is 0.373 e. The van der Waals surface area contributed by atoms with E-state index in [-0.39, 0.29) is 0 Å². The molecule has 0 aromatic carbocycles. The first-order valence-electron chi connectivity index (χ1n) is 5.17. The number of aromatic nitrogens is 2. The number of halogens is 3. The minimum atomic E-state index is -5.22. The second kappa shape index (κ2) is 4.71. The first kappa shape index (κ1) is 15.8. The predicted octanol–water partition coefficient (Wildman–Crippen LogP) is 0.968. The van der Waals surface area contributed by atoms with Gasteiger partial charge in [0.05, 0.1) is 0 Å². The fourth-order valence-electron chi connectivity index (χ4n) is 1.44. The third kappa shape index (κ3) is 2.86. The van der Waals surface area contributed by atoms with Gasteiger partial charge in [0.15, 0.2) is 15.7 Å². The molecule has 0 aliphatic carbocycles. The Morgan fingerprint density at radius 3 is 2.00 bits per heavy atom. The molecule has 0 saturated carbocycles. The summed E-state index contributed by atoms with van der Waals surface area (Å²) in [6.07, 6.45) is -2.45. The summed E-state index contributed by atoms with van der Waals surface area (Å²) in [5, 5.41) is 7.76. The summed E-state index contributed by atoms with van der Waals surface area (Å²) in [6, 6.07) is 0. The van der Waals surface area contributed by atoms with Crippen molar-refractivity contribution in [3.63, 3.8) is 0 Å². The van der Waals surface area contributed by atoms with Crippen molar-refractivity contribution in [1.82, 2.24) is 9.97 Å². The van der Waals surface area contributed by atoms with Crippen LogP contribution in [0.2, 0.25) is 0 Å². The van der Waals surface area contributed by atoms with Gasteiger partial charge in [0, 0.05) is 18.6 Å². The topological polar surface area (TPSA) is 80.2 Å². The third-order valence-electron chi connectivity index (χ3n) is 2.78. The Morgan fingerprint density at radius 1 is 1.26 bits per heavy atom. The van der Waals surface area contributed by atoms with Gasteiger partial charge in [0.2, 0.25) is 5.60 Å². The lowest BCUT2D eigenvalue weighted by Gasteiger charge is -2.33. The molecule has 0 aliphatic rings. The second-order valence-electron chi connectivity index (χ2n) is 4.32. The van der Waals surface area contributed by atoms with Gasteiger partial charge in [0.1, 0.15) is 5.25 Å². The van der Waals surface area contributed by atoms with Crippen LogP contribution in [0, 0.1) is 6.92 Å². The number of sulfone groups is 1. The van der Waals surface area contributed by atoms with Gasteiger partial charge in [-0.25, -0.2) is 18.4 Å². The maximum Gasteiger partial charge on any atom is 0.425 e. The van der Waals surface area contributed by atoms with Gasteiger partial charge < -0.3 is 5.11 Å². The van der Waals surface area contributed by atoms with Crippen LogP contribution in [0.4, 0.5) is 13.2 Å². The molecule has 0 spiro atoms. The first-order valence-corrected chi connectivity index (χ1v) is 7.13. The van der Waals surface area contributed by atoms with E-state index in [1.54, 1.807) is 6.92 Å². The summed E-state index contributed by atoms with van der Waals surface area (Å²) >= 11 is 0. The van der Waals surface area contributed by atoms with Crippen molar-refractivity contribution in [3.8, 4) is 0 Å². The number of rotatable bonds is 3. The maximum atomic E-state index is 13.1. The molecular formula is C10H13F3N2O3S. The molecule has 0 amide bonds. The van der Waals surface area contributed by atoms with E-state index in [0.717, 1.165) is 19.3 Å². The van der Waals surface area contributed by atoms with Crippen LogP contribution in [-0.4, -0.2) is 41.2 Å². The van der Waals surface area contributed by atoms with Gasteiger partial charge in [-0.15, -0.1) is 0 Å². The number of hydrogen-bond acceptors (Lipinski definition) is 5. The van der Waals surface area contributed by atoms with Crippen molar-refractivity contribution in [3.05, 3.63) is 23.8 Å². The summed E-state index contributed by atoms with van der Waals surface area (Å²) in [7, 11) is -4.15. The lowest BCUT2D eigenvalue weighted by Crippen LogP contribution is -2.54. The van der Waals surface area contributed by atoms with Crippen LogP contribution in [0.5, 0.6) is 0 Å². The zero-order valence-electron chi connectivity index (χ0n) is 10.4. The average Bonchev–Trinajstić information content (AvgIpc) is 2.25. The molecule has 5 nitrogen and oxygen atoms in total. The summed E-state index contributed by atoms with van der Waals surface area (Å²) in [5.41, 5.74) is -3.16. The Kier molecular flexibility index (Phi) is 3.93. The van der Waals surface area contributed by atoms with Crippen LogP contribution in [0.25, 0.3) is 0 Å². The molecule has 1 aromatic rings. The zero-order chi connectivity index (χ0) is 15.1. The van der Waals surface area contributed by atoms with Gasteiger partial charge in [-0.3, -0.25) is 0 Å². The highest BCUT2D eigenvalue weighted by atomic mass is 32.2. The van der Waals surface area contributed by atoms with Crippen molar-refractivity contribution in [2.45, 2.75) is 30.9 Å². The summed E-state index contributed by atoms with van der Waals surface area (Å²) < 4.78 is 61.9. The maximum absolute atomic E-state index is 13.1. The molecular weight excluding hydrogens is 285 g/mol. The van der Waals surface area contributed by atoms with Gasteiger partial charge >= 0.3 is 6.18 Å². The molecule has 0 aliphatic heterocycles. The monoisotopic (exact) mass is 298 g/mol. The van der Waals surface area contributed by atoms with Crippen LogP contribution in [0.3, 0.4) is 0 Å². The van der Waals surface area contributed by atoms with Crippen molar-refractivity contribution in [1.29, 1.82) is 0 Å². The average molecular weight is 298 g/mol. The van der Waals surface area contributed by atoms with Crippen LogP contribution >= 0.6 is 0 Å². The number of aliphatic hydroxyl groups is 1. The minimum absolute atomic E-state index is 0.486. The van der Waals surface area contributed by atoms with Crippen molar-refractivity contribution >= 4 is 9.84 Å². The Hall–Kier alpha value is -1.22. The molecule has 1 N–H and O–H groups in total. The number of hydrogen-bond donors (Lipinski definition) is 1. The van der Waals surface area contributed by atoms with E-state index in [1.807, 2.05) is 0 Å². The van der Waals surface area contributed by atoms with E-state index in [1.165, 1.54) is 0 Å². The minimum Gasteiger partial charge on any atom is -0.373 e. The Labute approximate surface area is 108 Å². The van der Waals surface area contributed by atoms with E-state index >= 15 is 0 Å². The standard InChI is InChI=1S/C10H13F3N2O3S/c1-6-4-14-8(15-5-6)9(16,10(11,12)13)7(2)19(3,17)18/h4-5,7,16H,1-3H3/t7-,9+/m0/s1. The molecule has 0 unspecified atom stereocenters. The highest BCUT2D eigenvalue weighted by molar-refractivity contribution is 7.91. The second-order valence-corrected chi connectivity index (χ2v) is 6.69. The molecule has 1 heterocycles. The highest BCUT2D eigenvalue weighted by Crippen LogP contribution is 2.42. The number of aryl methyl sites for hydroxylation is 1. The van der Waals surface area contributed by atoms with Gasteiger partial charge in [-0.1, -0.05) is 0 Å². The molecule has 9 heteroatoms. The number of nitrogens with zero attached hydrogens (tertiary/aromatic N) is 2. The van der Waals surface area contributed by atoms with E-state index in [9.17, 15) is 26.7 Å². The predicted molar refractivity (Wildman–Crippen MR) is 61.0 cm³/mol. The van der Waals surface area contributed by atoms with Crippen LogP contribution in [0.1, 0.15) is 18.3 Å². The van der Waals surface area contributed by atoms with E-state index in [2.05, 4.69) is 9.97 Å². The van der Waals surface area contributed by atoms with E-state index < -0.39 is 32.7 Å². The fourth-order valence-corrected chi connectivity index (χ4v) is 2.30. The SMILES string of the molecule is Cc1cnc([C@](O)([C@H](C)S(C)(=O)=O)C(F)(F)F)nc1. The molecule has 0 bridgehead atoms. The summed E-state index contributed by atoms with van der Waals surface area (Å²) in [4.78, 5) is 6.81. The van der Waals surface area contributed by atoms with E-state index in [0.29, 0.717) is 11.8 Å². The Morgan fingerprint density at radius 2 is 1.68 bits per heavy atom. The van der Waals surface area contributed by atoms with Crippen LogP contribution in [0.15, 0.2) is 12.4 Å². The highest BCUT2D eigenvalue weighted by Gasteiger charge is 2.63. The fraction of sp³-hybridized carbons (Fsp3) is 0.600. The lowest BCUT2D eigenvalue weighted by atomic mass is 9.98. The first-order chi connectivity index (χ1) is 8.40. The molecule has 0 fully saturated rings. The normalized spacial score (nSPS) is 17.8. The molecule has 19 heavy (non-hydrogen) atoms. The van der Waals surface area contributed by atoms with Crippen molar-refractivity contribution in [2.75, 3.05) is 6.26 Å². The Bertz CT molecular complexity index is 556. The van der Waals surface area contributed by atoms with E-state index in [4.69, 9.17) is 0 Å². The largest absolute Gasteiger partial charge is 0.425 e. The lowest BCUT2D eigenvalue weighted by molar-refractivity contribution is -0.268. The van der Waals surface area contributed by atoms with Gasteiger partial charge in [-0.2, -0.15) is 13.2 Å². The third-order valence-corrected chi connectivity index (χ3v) is 4.41. The molecule has 0 saturated heterocycles. The summed E-state index contributed by atoms with van der Waals surface area (Å²) in [6.45, 7) is 2.32. The molecule has 0 radical (unpaired) electrons. The van der Waals surface area contributed by atoms with Crippen molar-refractivity contribution < 1.29 is 26.7 Å². The molecule has 2 atom stereocenters. The Balaban J connectivity index is 3.50. The summed E-state index contributed by atoms with van der Waals surface area (Å²) in [5.74, 6) is -0.983.